The number of phenolic OH excluding ortho intramolecular Hbond substituents is 1. The lowest BCUT2D eigenvalue weighted by Crippen LogP contribution is -2.24. The number of hydrogen-bond donors (Lipinski definition) is 2. The number of hydrogen-bond acceptors (Lipinski definition) is 4. The number of carbonyl (C=O) groups is 1. The van der Waals surface area contributed by atoms with Gasteiger partial charge in [0.1, 0.15) is 11.5 Å². The van der Waals surface area contributed by atoms with E-state index in [0.29, 0.717) is 10.8 Å². The average molecular weight is 418 g/mol. The van der Waals surface area contributed by atoms with Gasteiger partial charge >= 0.3 is 0 Å². The highest BCUT2D eigenvalue weighted by atomic mass is 79.9. The minimum atomic E-state index is -0.447. The van der Waals surface area contributed by atoms with Crippen LogP contribution in [0, 0.1) is 0 Å². The summed E-state index contributed by atoms with van der Waals surface area (Å²) in [7, 11) is 0. The van der Waals surface area contributed by atoms with Gasteiger partial charge in [0.2, 0.25) is 0 Å². The Kier molecular flexibility index (Phi) is 6.27. The van der Waals surface area contributed by atoms with Crippen LogP contribution >= 0.6 is 39.1 Å². The van der Waals surface area contributed by atoms with E-state index in [2.05, 4.69) is 26.5 Å². The lowest BCUT2D eigenvalue weighted by Gasteiger charge is -2.05. The zero-order valence-electron chi connectivity index (χ0n) is 11.6. The Bertz CT molecular complexity index is 736. The van der Waals surface area contributed by atoms with Crippen LogP contribution in [0.1, 0.15) is 5.56 Å². The predicted octanol–water partition coefficient (Wildman–Crippen LogP) is 3.99. The smallest absolute Gasteiger partial charge is 0.277 e. The van der Waals surface area contributed by atoms with E-state index in [1.54, 1.807) is 24.3 Å². The van der Waals surface area contributed by atoms with Crippen molar-refractivity contribution in [3.8, 4) is 11.5 Å². The van der Waals surface area contributed by atoms with Crippen molar-refractivity contribution in [2.45, 2.75) is 0 Å². The highest BCUT2D eigenvalue weighted by Crippen LogP contribution is 2.29. The van der Waals surface area contributed by atoms with E-state index in [9.17, 15) is 9.90 Å². The number of aromatic hydroxyl groups is 1. The van der Waals surface area contributed by atoms with Crippen molar-refractivity contribution in [1.82, 2.24) is 5.43 Å². The molecular weight excluding hydrogens is 407 g/mol. The van der Waals surface area contributed by atoms with Gasteiger partial charge in [-0.2, -0.15) is 5.10 Å². The molecule has 1 amide bonds. The second-order valence-electron chi connectivity index (χ2n) is 4.36. The molecule has 2 aromatic carbocycles. The quantitative estimate of drug-likeness (QED) is 0.570. The maximum Gasteiger partial charge on any atom is 0.277 e. The lowest BCUT2D eigenvalue weighted by molar-refractivity contribution is -0.123. The Morgan fingerprint density at radius 2 is 2.00 bits per heavy atom. The van der Waals surface area contributed by atoms with E-state index in [1.165, 1.54) is 18.3 Å². The minimum absolute atomic E-state index is 0.101. The van der Waals surface area contributed by atoms with E-state index in [-0.39, 0.29) is 22.9 Å². The van der Waals surface area contributed by atoms with Crippen LogP contribution in [-0.4, -0.2) is 23.8 Å². The third kappa shape index (κ3) is 5.42. The first-order valence-corrected chi connectivity index (χ1v) is 7.89. The summed E-state index contributed by atoms with van der Waals surface area (Å²) in [6.45, 7) is -0.193. The molecule has 2 aromatic rings. The van der Waals surface area contributed by atoms with Crippen molar-refractivity contribution >= 4 is 51.3 Å². The highest BCUT2D eigenvalue weighted by Gasteiger charge is 2.06. The summed E-state index contributed by atoms with van der Waals surface area (Å²) >= 11 is 14.9. The van der Waals surface area contributed by atoms with Gasteiger partial charge < -0.3 is 9.84 Å². The largest absolute Gasteiger partial charge is 0.506 e. The van der Waals surface area contributed by atoms with Crippen LogP contribution in [0.2, 0.25) is 10.0 Å². The predicted molar refractivity (Wildman–Crippen MR) is 93.5 cm³/mol. The molecule has 0 atom stereocenters. The van der Waals surface area contributed by atoms with Crippen molar-refractivity contribution in [3.05, 3.63) is 56.5 Å². The number of halogens is 3. The van der Waals surface area contributed by atoms with Gasteiger partial charge in [-0.05, 0) is 36.4 Å². The van der Waals surface area contributed by atoms with Gasteiger partial charge in [0.25, 0.3) is 5.91 Å². The normalized spacial score (nSPS) is 10.7. The number of rotatable bonds is 5. The lowest BCUT2D eigenvalue weighted by atomic mass is 10.2. The summed E-state index contributed by atoms with van der Waals surface area (Å²) < 4.78 is 6.20. The van der Waals surface area contributed by atoms with Crippen LogP contribution in [0.4, 0.5) is 0 Å². The fourth-order valence-electron chi connectivity index (χ4n) is 1.57. The van der Waals surface area contributed by atoms with Crippen LogP contribution in [0.5, 0.6) is 11.5 Å². The van der Waals surface area contributed by atoms with Gasteiger partial charge in [0, 0.05) is 15.1 Å². The van der Waals surface area contributed by atoms with Crippen LogP contribution in [0.15, 0.2) is 46.0 Å². The fraction of sp³-hybridized carbons (Fsp3) is 0.0667. The number of benzene rings is 2. The SMILES string of the molecule is O=C(COc1ccc(Br)cc1)N/N=C/c1cc(Cl)cc(Cl)c1O. The van der Waals surface area contributed by atoms with E-state index in [4.69, 9.17) is 27.9 Å². The molecule has 2 N–H and O–H groups in total. The van der Waals surface area contributed by atoms with Crippen molar-refractivity contribution in [3.63, 3.8) is 0 Å². The molecule has 5 nitrogen and oxygen atoms in total. The molecule has 8 heteroatoms. The molecule has 0 saturated carbocycles. The van der Waals surface area contributed by atoms with Crippen molar-refractivity contribution in [2.75, 3.05) is 6.61 Å². The number of ether oxygens (including phenoxy) is 1. The molecule has 0 aliphatic carbocycles. The summed E-state index contributed by atoms with van der Waals surface area (Å²) in [6, 6.07) is 9.94. The van der Waals surface area contributed by atoms with E-state index in [1.807, 2.05) is 0 Å². The van der Waals surface area contributed by atoms with Crippen LogP contribution in [-0.2, 0) is 4.79 Å². The van der Waals surface area contributed by atoms with Gasteiger partial charge in [-0.25, -0.2) is 5.43 Å². The van der Waals surface area contributed by atoms with E-state index < -0.39 is 5.91 Å². The van der Waals surface area contributed by atoms with Gasteiger partial charge in [0.05, 0.1) is 11.2 Å². The standard InChI is InChI=1S/C15H11BrCl2N2O3/c16-10-1-3-12(4-2-10)23-8-14(21)20-19-7-9-5-11(17)6-13(18)15(9)22/h1-7,22H,8H2,(H,20,21)/b19-7+. The molecule has 2 rings (SSSR count). The monoisotopic (exact) mass is 416 g/mol. The second kappa shape index (κ2) is 8.19. The van der Waals surface area contributed by atoms with Gasteiger partial charge in [-0.1, -0.05) is 39.1 Å². The summed E-state index contributed by atoms with van der Waals surface area (Å²) in [6.07, 6.45) is 1.24. The van der Waals surface area contributed by atoms with Crippen LogP contribution < -0.4 is 10.2 Å². The van der Waals surface area contributed by atoms with Crippen molar-refractivity contribution in [2.24, 2.45) is 5.10 Å². The zero-order chi connectivity index (χ0) is 16.8. The molecule has 0 fully saturated rings. The Hall–Kier alpha value is -1.76. The first-order valence-electron chi connectivity index (χ1n) is 6.34. The van der Waals surface area contributed by atoms with E-state index in [0.717, 1.165) is 4.47 Å². The van der Waals surface area contributed by atoms with Crippen molar-refractivity contribution < 1.29 is 14.6 Å². The number of nitrogens with zero attached hydrogens (tertiary/aromatic N) is 1. The van der Waals surface area contributed by atoms with Gasteiger partial charge in [-0.15, -0.1) is 0 Å². The van der Waals surface area contributed by atoms with Gasteiger partial charge in [0.15, 0.2) is 6.61 Å². The molecule has 0 heterocycles. The van der Waals surface area contributed by atoms with Crippen LogP contribution in [0.3, 0.4) is 0 Å². The fourth-order valence-corrected chi connectivity index (χ4v) is 2.34. The Labute approximate surface area is 151 Å². The molecule has 0 aliphatic heterocycles. The maximum atomic E-state index is 11.6. The third-order valence-corrected chi connectivity index (χ3v) is 3.67. The number of carbonyl (C=O) groups excluding carboxylic acids is 1. The molecular formula is C15H11BrCl2N2O3. The third-order valence-electron chi connectivity index (χ3n) is 2.63. The maximum absolute atomic E-state index is 11.6. The highest BCUT2D eigenvalue weighted by molar-refractivity contribution is 9.10. The van der Waals surface area contributed by atoms with Crippen LogP contribution in [0.25, 0.3) is 0 Å². The first kappa shape index (κ1) is 17.6. The molecule has 0 radical (unpaired) electrons. The molecule has 120 valence electrons. The Morgan fingerprint density at radius 1 is 1.30 bits per heavy atom. The summed E-state index contributed by atoms with van der Waals surface area (Å²) in [5, 5.41) is 13.9. The molecule has 0 saturated heterocycles. The zero-order valence-corrected chi connectivity index (χ0v) is 14.7. The summed E-state index contributed by atoms with van der Waals surface area (Å²) in [4.78, 5) is 11.6. The number of amides is 1. The topological polar surface area (TPSA) is 70.9 Å². The summed E-state index contributed by atoms with van der Waals surface area (Å²) in [5.41, 5.74) is 2.57. The Balaban J connectivity index is 1.88. The van der Waals surface area contributed by atoms with Gasteiger partial charge in [-0.3, -0.25) is 4.79 Å². The molecule has 0 unspecified atom stereocenters. The number of nitrogens with one attached hydrogen (secondary N) is 1. The van der Waals surface area contributed by atoms with E-state index >= 15 is 0 Å². The minimum Gasteiger partial charge on any atom is -0.506 e. The van der Waals surface area contributed by atoms with Crippen molar-refractivity contribution in [1.29, 1.82) is 0 Å². The molecule has 23 heavy (non-hydrogen) atoms. The molecule has 0 spiro atoms. The number of phenols is 1. The molecule has 0 aliphatic rings. The number of hydrazone groups is 1. The second-order valence-corrected chi connectivity index (χ2v) is 6.12. The first-order chi connectivity index (χ1) is 11.0. The Morgan fingerprint density at radius 3 is 2.70 bits per heavy atom. The molecule has 0 aromatic heterocycles. The average Bonchev–Trinajstić information content (AvgIpc) is 2.51. The summed E-state index contributed by atoms with van der Waals surface area (Å²) in [5.74, 6) is -0.0523. The molecule has 0 bridgehead atoms.